The lowest BCUT2D eigenvalue weighted by atomic mass is 10.4. The van der Waals surface area contributed by atoms with Gasteiger partial charge in [-0.2, -0.15) is 5.10 Å². The molecular formula is C7H9IN2O2. The Hall–Kier alpha value is -0.590. The third kappa shape index (κ3) is 1.60. The molecule has 0 bridgehead atoms. The Morgan fingerprint density at radius 2 is 2.25 bits per heavy atom. The topological polar surface area (TPSA) is 55.1 Å². The number of rotatable bonds is 1. The summed E-state index contributed by atoms with van der Waals surface area (Å²) in [6.45, 7) is 3.73. The highest BCUT2D eigenvalue weighted by Gasteiger charge is 2.08. The molecule has 0 atom stereocenters. The Morgan fingerprint density at radius 3 is 2.75 bits per heavy atom. The lowest BCUT2D eigenvalue weighted by Crippen LogP contribution is -2.26. The van der Waals surface area contributed by atoms with Crippen LogP contribution in [0.1, 0.15) is 19.9 Å². The summed E-state index contributed by atoms with van der Waals surface area (Å²) in [6.07, 6.45) is 1.28. The largest absolute Gasteiger partial charge is 0.505 e. The molecule has 0 unspecified atom stereocenters. The summed E-state index contributed by atoms with van der Waals surface area (Å²) < 4.78 is 1.65. The zero-order chi connectivity index (χ0) is 9.30. The minimum Gasteiger partial charge on any atom is -0.505 e. The molecule has 1 aromatic heterocycles. The summed E-state index contributed by atoms with van der Waals surface area (Å²) in [4.78, 5) is 11.4. The summed E-state index contributed by atoms with van der Waals surface area (Å²) in [5.74, 6) is -0.0579. The molecule has 4 nitrogen and oxygen atoms in total. The van der Waals surface area contributed by atoms with Crippen molar-refractivity contribution in [2.45, 2.75) is 19.9 Å². The van der Waals surface area contributed by atoms with E-state index < -0.39 is 0 Å². The van der Waals surface area contributed by atoms with Crippen LogP contribution in [0, 0.1) is 3.57 Å². The molecule has 0 amide bonds. The van der Waals surface area contributed by atoms with E-state index in [1.807, 2.05) is 13.8 Å². The lowest BCUT2D eigenvalue weighted by Gasteiger charge is -2.07. The highest BCUT2D eigenvalue weighted by Crippen LogP contribution is 2.12. The molecule has 1 N–H and O–H groups in total. The molecule has 0 spiro atoms. The van der Waals surface area contributed by atoms with Gasteiger partial charge < -0.3 is 5.11 Å². The first-order valence-corrected chi connectivity index (χ1v) is 4.58. The molecule has 66 valence electrons. The summed E-state index contributed by atoms with van der Waals surface area (Å²) in [6, 6.07) is 0.0200. The van der Waals surface area contributed by atoms with Crippen molar-refractivity contribution in [1.29, 1.82) is 0 Å². The third-order valence-electron chi connectivity index (χ3n) is 1.41. The van der Waals surface area contributed by atoms with Gasteiger partial charge in [-0.3, -0.25) is 4.79 Å². The molecular weight excluding hydrogens is 271 g/mol. The molecule has 0 aromatic carbocycles. The highest BCUT2D eigenvalue weighted by atomic mass is 127. The second-order valence-corrected chi connectivity index (χ2v) is 3.77. The second kappa shape index (κ2) is 3.42. The van der Waals surface area contributed by atoms with Gasteiger partial charge in [0, 0.05) is 0 Å². The van der Waals surface area contributed by atoms with Gasteiger partial charge in [0.05, 0.1) is 12.2 Å². The van der Waals surface area contributed by atoms with Crippen molar-refractivity contribution in [2.75, 3.05) is 0 Å². The van der Waals surface area contributed by atoms with Crippen LogP contribution in [0.15, 0.2) is 11.0 Å². The van der Waals surface area contributed by atoms with Crippen molar-refractivity contribution in [3.63, 3.8) is 0 Å². The van der Waals surface area contributed by atoms with Crippen molar-refractivity contribution in [3.05, 3.63) is 20.1 Å². The minimum atomic E-state index is -0.245. The fraction of sp³-hybridized carbons (Fsp3) is 0.429. The Balaban J connectivity index is 3.37. The van der Waals surface area contributed by atoms with E-state index in [9.17, 15) is 4.79 Å². The molecule has 0 aliphatic carbocycles. The standard InChI is InChI=1S/C7H9IN2O2/c1-4(2)10-7(12)6(8)5(11)3-9-10/h3-4,11H,1-2H3. The number of hydrogen-bond acceptors (Lipinski definition) is 3. The number of aromatic nitrogens is 2. The van der Waals surface area contributed by atoms with E-state index in [2.05, 4.69) is 5.10 Å². The first-order valence-electron chi connectivity index (χ1n) is 3.50. The normalized spacial score (nSPS) is 10.7. The van der Waals surface area contributed by atoms with Crippen molar-refractivity contribution >= 4 is 22.6 Å². The molecule has 12 heavy (non-hydrogen) atoms. The number of nitrogens with zero attached hydrogens (tertiary/aromatic N) is 2. The van der Waals surface area contributed by atoms with Gasteiger partial charge in [0.2, 0.25) is 0 Å². The summed E-state index contributed by atoms with van der Waals surface area (Å²) in [5, 5.41) is 12.9. The van der Waals surface area contributed by atoms with E-state index in [0.717, 1.165) is 0 Å². The first-order chi connectivity index (χ1) is 5.54. The molecule has 0 aliphatic heterocycles. The maximum Gasteiger partial charge on any atom is 0.284 e. The third-order valence-corrected chi connectivity index (χ3v) is 2.43. The molecule has 0 saturated heterocycles. The van der Waals surface area contributed by atoms with Gasteiger partial charge in [0.15, 0.2) is 5.75 Å². The van der Waals surface area contributed by atoms with Crippen LogP contribution < -0.4 is 5.56 Å². The smallest absolute Gasteiger partial charge is 0.284 e. The zero-order valence-corrected chi connectivity index (χ0v) is 8.94. The van der Waals surface area contributed by atoms with Gasteiger partial charge in [0.1, 0.15) is 3.57 Å². The molecule has 1 rings (SSSR count). The Labute approximate surface area is 83.4 Å². The fourth-order valence-electron chi connectivity index (χ4n) is 0.804. The lowest BCUT2D eigenvalue weighted by molar-refractivity contribution is 0.441. The van der Waals surface area contributed by atoms with Crippen LogP contribution >= 0.6 is 22.6 Å². The summed E-state index contributed by atoms with van der Waals surface area (Å²) in [7, 11) is 0. The molecule has 5 heteroatoms. The van der Waals surface area contributed by atoms with Gasteiger partial charge in [-0.15, -0.1) is 0 Å². The number of aromatic hydroxyl groups is 1. The Kier molecular flexibility index (Phi) is 2.71. The first kappa shape index (κ1) is 9.50. The fourth-order valence-corrected chi connectivity index (χ4v) is 1.19. The molecule has 1 aromatic rings. The van der Waals surface area contributed by atoms with Crippen molar-refractivity contribution < 1.29 is 5.11 Å². The SMILES string of the molecule is CC(C)n1ncc(O)c(I)c1=O. The zero-order valence-electron chi connectivity index (χ0n) is 6.78. The maximum absolute atomic E-state index is 11.4. The van der Waals surface area contributed by atoms with E-state index in [1.54, 1.807) is 22.6 Å². The van der Waals surface area contributed by atoms with Crippen molar-refractivity contribution in [1.82, 2.24) is 9.78 Å². The summed E-state index contributed by atoms with van der Waals surface area (Å²) in [5.41, 5.74) is -0.245. The van der Waals surface area contributed by atoms with Crippen LogP contribution in [0.25, 0.3) is 0 Å². The van der Waals surface area contributed by atoms with E-state index in [0.29, 0.717) is 3.57 Å². The van der Waals surface area contributed by atoms with Gasteiger partial charge in [-0.05, 0) is 36.4 Å². The van der Waals surface area contributed by atoms with Crippen LogP contribution in [0.3, 0.4) is 0 Å². The molecule has 0 aliphatic rings. The van der Waals surface area contributed by atoms with Crippen LogP contribution in [-0.4, -0.2) is 14.9 Å². The van der Waals surface area contributed by atoms with Crippen molar-refractivity contribution in [3.8, 4) is 5.75 Å². The summed E-state index contributed by atoms with van der Waals surface area (Å²) >= 11 is 1.80. The van der Waals surface area contributed by atoms with Gasteiger partial charge >= 0.3 is 0 Å². The Morgan fingerprint density at radius 1 is 1.67 bits per heavy atom. The molecule has 1 heterocycles. The van der Waals surface area contributed by atoms with Crippen LogP contribution in [0.2, 0.25) is 0 Å². The van der Waals surface area contributed by atoms with E-state index in [-0.39, 0.29) is 17.4 Å². The quantitative estimate of drug-likeness (QED) is 0.785. The molecule has 0 saturated carbocycles. The minimum absolute atomic E-state index is 0.0200. The predicted octanol–water partition coefficient (Wildman–Crippen LogP) is 1.13. The van der Waals surface area contributed by atoms with Crippen LogP contribution in [-0.2, 0) is 0 Å². The van der Waals surface area contributed by atoms with Gasteiger partial charge in [0.25, 0.3) is 5.56 Å². The maximum atomic E-state index is 11.4. The highest BCUT2D eigenvalue weighted by molar-refractivity contribution is 14.1. The van der Waals surface area contributed by atoms with Gasteiger partial charge in [-0.25, -0.2) is 4.68 Å². The number of halogens is 1. The predicted molar refractivity (Wildman–Crippen MR) is 53.3 cm³/mol. The second-order valence-electron chi connectivity index (χ2n) is 2.69. The average molecular weight is 280 g/mol. The molecule has 0 radical (unpaired) electrons. The average Bonchev–Trinajstić information content (AvgIpc) is 2.00. The van der Waals surface area contributed by atoms with Crippen LogP contribution in [0.5, 0.6) is 5.75 Å². The van der Waals surface area contributed by atoms with Gasteiger partial charge in [-0.1, -0.05) is 0 Å². The number of hydrogen-bond donors (Lipinski definition) is 1. The van der Waals surface area contributed by atoms with E-state index in [1.165, 1.54) is 10.9 Å². The van der Waals surface area contributed by atoms with E-state index in [4.69, 9.17) is 5.11 Å². The monoisotopic (exact) mass is 280 g/mol. The Bertz CT molecular complexity index is 346. The van der Waals surface area contributed by atoms with Crippen LogP contribution in [0.4, 0.5) is 0 Å². The molecule has 0 fully saturated rings. The van der Waals surface area contributed by atoms with Crippen molar-refractivity contribution in [2.24, 2.45) is 0 Å². The van der Waals surface area contributed by atoms with E-state index >= 15 is 0 Å².